The molecule has 0 radical (unpaired) electrons. The molecule has 18 heteroatoms. The van der Waals surface area contributed by atoms with Crippen molar-refractivity contribution < 1.29 is 75.8 Å². The van der Waals surface area contributed by atoms with E-state index in [-0.39, 0.29) is 19.3 Å². The van der Waals surface area contributed by atoms with Crippen LogP contribution in [0.1, 0.15) is 252 Å². The number of hydrogen-bond acceptors (Lipinski definition) is 14. The fourth-order valence-corrected chi connectivity index (χ4v) is 9.60. The average Bonchev–Trinajstić information content (AvgIpc) is 3.45. The van der Waals surface area contributed by atoms with E-state index in [0.29, 0.717) is 19.3 Å². The second-order valence-electron chi connectivity index (χ2n) is 20.8. The van der Waals surface area contributed by atoms with Gasteiger partial charge in [-0.1, -0.05) is 190 Å². The molecule has 81 heavy (non-hydrogen) atoms. The first-order valence-corrected chi connectivity index (χ1v) is 34.2. The molecule has 0 rings (SSSR count). The van der Waals surface area contributed by atoms with Crippen LogP contribution in [0.2, 0.25) is 0 Å². The van der Waals surface area contributed by atoms with Crippen LogP contribution in [0.4, 0.5) is 0 Å². The number of esters is 3. The maximum Gasteiger partial charge on any atom is 0.472 e. The lowest BCUT2D eigenvalue weighted by Crippen LogP contribution is -2.30. The Morgan fingerprint density at radius 3 is 0.963 bits per heavy atom. The zero-order valence-corrected chi connectivity index (χ0v) is 52.2. The molecule has 0 aliphatic carbocycles. The number of aliphatic hydroxyl groups excluding tert-OH is 2. The highest BCUT2D eigenvalue weighted by atomic mass is 31.2. The number of phosphoric ester groups is 2. The van der Waals surface area contributed by atoms with Gasteiger partial charge in [0.25, 0.3) is 0 Å². The Balaban J connectivity index is 4.75. The summed E-state index contributed by atoms with van der Waals surface area (Å²) in [6, 6.07) is 0. The lowest BCUT2D eigenvalue weighted by molar-refractivity contribution is -0.161. The number of ether oxygens (including phenoxy) is 3. The lowest BCUT2D eigenvalue weighted by Gasteiger charge is -2.21. The van der Waals surface area contributed by atoms with E-state index in [0.717, 1.165) is 135 Å². The Kier molecular flexibility index (Phi) is 55.3. The molecule has 0 aromatic carbocycles. The van der Waals surface area contributed by atoms with Crippen LogP contribution < -0.4 is 0 Å². The molecule has 4 N–H and O–H groups in total. The molecular weight excluding hydrogens is 1070 g/mol. The smallest absolute Gasteiger partial charge is 0.463 e. The van der Waals surface area contributed by atoms with Gasteiger partial charge in [-0.15, -0.1) is 0 Å². The number of allylic oxidation sites excluding steroid dienone is 12. The van der Waals surface area contributed by atoms with Crippen LogP contribution >= 0.6 is 15.6 Å². The summed E-state index contributed by atoms with van der Waals surface area (Å²) in [6.45, 7) is 2.53. The van der Waals surface area contributed by atoms with E-state index in [1.54, 1.807) is 0 Å². The number of unbranched alkanes of at least 4 members (excludes halogenated alkanes) is 24. The van der Waals surface area contributed by atoms with Crippen LogP contribution in [0.15, 0.2) is 72.9 Å². The van der Waals surface area contributed by atoms with E-state index < -0.39 is 91.5 Å². The summed E-state index contributed by atoms with van der Waals surface area (Å²) in [5, 5.41) is 20.5. The molecule has 2 unspecified atom stereocenters. The molecule has 470 valence electrons. The van der Waals surface area contributed by atoms with E-state index in [9.17, 15) is 43.5 Å². The number of rotatable bonds is 59. The van der Waals surface area contributed by atoms with Crippen LogP contribution in [-0.2, 0) is 55.8 Å². The van der Waals surface area contributed by atoms with Crippen molar-refractivity contribution in [2.45, 2.75) is 270 Å². The van der Waals surface area contributed by atoms with E-state index in [2.05, 4.69) is 93.7 Å². The first-order chi connectivity index (χ1) is 39.2. The minimum atomic E-state index is -4.92. The summed E-state index contributed by atoms with van der Waals surface area (Å²) < 4.78 is 60.6. The van der Waals surface area contributed by atoms with E-state index >= 15 is 0 Å². The third-order valence-corrected chi connectivity index (χ3v) is 14.8. The summed E-state index contributed by atoms with van der Waals surface area (Å²) in [7, 11) is -9.77. The molecule has 0 bridgehead atoms. The third kappa shape index (κ3) is 58.6. The standard InChI is InChI=1S/C63H112O16P2/c1-4-7-10-13-16-19-22-25-28-31-34-37-40-43-46-49-61(66)73-52-58(64)53-75-80(69,70)76-54-59(65)55-77-81(71,72)78-57-60(79-63(68)51-48-45-42-39-36-33-30-27-24-21-18-15-12-9-6-3)56-74-62(67)50-47-44-41-38-35-32-29-26-23-20-17-14-11-8-5-2/h16-21,25-30,58-60,64-65H,4-15,22-24,31-57H2,1-3H3,(H,69,70)(H,71,72)/b19-16-,20-17-,21-18-,28-25-,29-26-,30-27-/t58-,59+,60-/m1/s1. The number of hydrogen-bond donors (Lipinski definition) is 4. The minimum absolute atomic E-state index is 0.0857. The first-order valence-electron chi connectivity index (χ1n) is 31.2. The molecule has 0 aliphatic heterocycles. The Bertz CT molecular complexity index is 1780. The van der Waals surface area contributed by atoms with Gasteiger partial charge in [0, 0.05) is 19.3 Å². The quantitative estimate of drug-likeness (QED) is 0.0146. The monoisotopic (exact) mass is 1190 g/mol. The molecular formula is C63H112O16P2. The van der Waals surface area contributed by atoms with Gasteiger partial charge in [-0.3, -0.25) is 32.5 Å². The fourth-order valence-electron chi connectivity index (χ4n) is 8.01. The largest absolute Gasteiger partial charge is 0.472 e. The summed E-state index contributed by atoms with van der Waals surface area (Å²) in [6.07, 6.45) is 56.7. The van der Waals surface area contributed by atoms with Gasteiger partial charge in [0.15, 0.2) is 6.10 Å². The van der Waals surface area contributed by atoms with Crippen molar-refractivity contribution in [3.8, 4) is 0 Å². The molecule has 0 heterocycles. The van der Waals surface area contributed by atoms with Crippen molar-refractivity contribution in [1.29, 1.82) is 0 Å². The SMILES string of the molecule is CCCCC/C=C\C/C=C\CCCCCCCC(=O)OC[C@@H](O)COP(=O)(O)OC[C@H](O)COP(=O)(O)OC[C@@H](COC(=O)CCCCCCC/C=C\C/C=C\CCCCC)OC(=O)CCCCCCC/C=C\C/C=C\CCCCC. The van der Waals surface area contributed by atoms with Gasteiger partial charge in [-0.25, -0.2) is 9.13 Å². The van der Waals surface area contributed by atoms with Crippen LogP contribution in [0.25, 0.3) is 0 Å². The molecule has 0 saturated heterocycles. The highest BCUT2D eigenvalue weighted by molar-refractivity contribution is 7.47. The fraction of sp³-hybridized carbons (Fsp3) is 0.762. The minimum Gasteiger partial charge on any atom is -0.463 e. The van der Waals surface area contributed by atoms with Crippen molar-refractivity contribution in [2.75, 3.05) is 39.6 Å². The van der Waals surface area contributed by atoms with Crippen LogP contribution in [-0.4, -0.2) is 95.9 Å². The maximum absolute atomic E-state index is 12.9. The maximum atomic E-state index is 12.9. The molecule has 0 saturated carbocycles. The molecule has 5 atom stereocenters. The summed E-state index contributed by atoms with van der Waals surface area (Å²) in [5.41, 5.74) is 0. The van der Waals surface area contributed by atoms with Crippen LogP contribution in [0.5, 0.6) is 0 Å². The third-order valence-electron chi connectivity index (χ3n) is 12.9. The Labute approximate surface area is 490 Å². The van der Waals surface area contributed by atoms with Gasteiger partial charge in [0.1, 0.15) is 25.4 Å². The number of carbonyl (C=O) groups excluding carboxylic acids is 3. The first kappa shape index (κ1) is 78.0. The molecule has 0 fully saturated rings. The summed E-state index contributed by atoms with van der Waals surface area (Å²) in [4.78, 5) is 58.1. The topological polar surface area (TPSA) is 231 Å². The van der Waals surface area contributed by atoms with Gasteiger partial charge in [-0.05, 0) is 116 Å². The van der Waals surface area contributed by atoms with Gasteiger partial charge in [0.05, 0.1) is 26.4 Å². The zero-order chi connectivity index (χ0) is 59.6. The zero-order valence-electron chi connectivity index (χ0n) is 50.4. The van der Waals surface area contributed by atoms with Gasteiger partial charge in [-0.2, -0.15) is 0 Å². The predicted molar refractivity (Wildman–Crippen MR) is 325 cm³/mol. The van der Waals surface area contributed by atoms with Gasteiger partial charge in [0.2, 0.25) is 0 Å². The normalized spacial score (nSPS) is 14.9. The lowest BCUT2D eigenvalue weighted by atomic mass is 10.1. The molecule has 16 nitrogen and oxygen atoms in total. The second kappa shape index (κ2) is 57.4. The highest BCUT2D eigenvalue weighted by Gasteiger charge is 2.29. The summed E-state index contributed by atoms with van der Waals surface area (Å²) in [5.74, 6) is -1.62. The molecule has 0 aromatic rings. The van der Waals surface area contributed by atoms with E-state index in [1.807, 2.05) is 0 Å². The summed E-state index contributed by atoms with van der Waals surface area (Å²) >= 11 is 0. The van der Waals surface area contributed by atoms with Gasteiger partial charge >= 0.3 is 33.6 Å². The van der Waals surface area contributed by atoms with Crippen molar-refractivity contribution in [3.63, 3.8) is 0 Å². The molecule has 0 aromatic heterocycles. The Morgan fingerprint density at radius 2 is 0.617 bits per heavy atom. The van der Waals surface area contributed by atoms with Crippen LogP contribution in [0.3, 0.4) is 0 Å². The molecule has 0 amide bonds. The number of phosphoric acid groups is 2. The Morgan fingerprint density at radius 1 is 0.346 bits per heavy atom. The van der Waals surface area contributed by atoms with Crippen molar-refractivity contribution in [3.05, 3.63) is 72.9 Å². The van der Waals surface area contributed by atoms with Crippen molar-refractivity contribution >= 4 is 33.6 Å². The number of carbonyl (C=O) groups is 3. The van der Waals surface area contributed by atoms with Gasteiger partial charge < -0.3 is 34.2 Å². The van der Waals surface area contributed by atoms with Crippen molar-refractivity contribution in [1.82, 2.24) is 0 Å². The Hall–Kier alpha value is -3.01. The molecule has 0 spiro atoms. The van der Waals surface area contributed by atoms with Crippen LogP contribution in [0, 0.1) is 0 Å². The molecule has 0 aliphatic rings. The predicted octanol–water partition coefficient (Wildman–Crippen LogP) is 16.4. The second-order valence-corrected chi connectivity index (χ2v) is 23.8. The highest BCUT2D eigenvalue weighted by Crippen LogP contribution is 2.45. The average molecular weight is 1190 g/mol. The van der Waals surface area contributed by atoms with Crippen molar-refractivity contribution in [2.24, 2.45) is 0 Å². The number of aliphatic hydroxyl groups is 2. The van der Waals surface area contributed by atoms with E-state index in [1.165, 1.54) is 57.8 Å². The van der Waals surface area contributed by atoms with E-state index in [4.69, 9.17) is 32.3 Å².